The molecule has 0 aliphatic heterocycles. The van der Waals surface area contributed by atoms with E-state index >= 15 is 0 Å². The van der Waals surface area contributed by atoms with Crippen molar-refractivity contribution >= 4 is 23.8 Å². The zero-order chi connectivity index (χ0) is 19.9. The smallest absolute Gasteiger partial charge is 0.408 e. The molecule has 0 aromatic heterocycles. The first-order valence-corrected chi connectivity index (χ1v) is 10.6. The van der Waals surface area contributed by atoms with Gasteiger partial charge in [0, 0.05) is 11.0 Å². The fourth-order valence-electron chi connectivity index (χ4n) is 2.78. The number of hydrogen-bond donors (Lipinski definition) is 1. The van der Waals surface area contributed by atoms with E-state index in [1.54, 1.807) is 39.5 Å². The summed E-state index contributed by atoms with van der Waals surface area (Å²) < 4.78 is 10.4. The molecule has 6 heteroatoms. The van der Waals surface area contributed by atoms with Crippen LogP contribution in [0.15, 0.2) is 11.6 Å². The Morgan fingerprint density at radius 2 is 2.00 bits per heavy atom. The Morgan fingerprint density at radius 1 is 1.35 bits per heavy atom. The van der Waals surface area contributed by atoms with Crippen molar-refractivity contribution in [3.8, 4) is 0 Å². The van der Waals surface area contributed by atoms with Crippen LogP contribution in [-0.4, -0.2) is 41.3 Å². The molecule has 1 aliphatic carbocycles. The lowest BCUT2D eigenvalue weighted by atomic mass is 9.86. The zero-order valence-corrected chi connectivity index (χ0v) is 18.1. The van der Waals surface area contributed by atoms with Gasteiger partial charge in [0.15, 0.2) is 0 Å². The van der Waals surface area contributed by atoms with E-state index in [4.69, 9.17) is 9.47 Å². The quantitative estimate of drug-likeness (QED) is 0.514. The average molecular weight is 386 g/mol. The molecule has 2 unspecified atom stereocenters. The van der Waals surface area contributed by atoms with Crippen molar-refractivity contribution in [2.45, 2.75) is 78.2 Å². The Balaban J connectivity index is 2.74. The van der Waals surface area contributed by atoms with E-state index < -0.39 is 23.7 Å². The Kier molecular flexibility index (Phi) is 9.01. The first-order valence-electron chi connectivity index (χ1n) is 9.51. The minimum absolute atomic E-state index is 0.285. The minimum Gasteiger partial charge on any atom is -0.464 e. The first-order chi connectivity index (χ1) is 12.0. The van der Waals surface area contributed by atoms with Gasteiger partial charge < -0.3 is 14.8 Å². The van der Waals surface area contributed by atoms with E-state index in [0.29, 0.717) is 22.8 Å². The number of ether oxygens (including phenoxy) is 2. The monoisotopic (exact) mass is 385 g/mol. The number of nitrogens with one attached hydrogen (secondary N) is 1. The SMILES string of the molecule is CCOC(=O)[C@H](CSC1C=C(C(C)C)CCC1C)NC(=O)OC(C)(C)C. The van der Waals surface area contributed by atoms with Crippen molar-refractivity contribution in [3.05, 3.63) is 11.6 Å². The van der Waals surface area contributed by atoms with Crippen LogP contribution < -0.4 is 5.32 Å². The highest BCUT2D eigenvalue weighted by Crippen LogP contribution is 2.34. The molecule has 0 bridgehead atoms. The van der Waals surface area contributed by atoms with Gasteiger partial charge in [-0.3, -0.25) is 0 Å². The van der Waals surface area contributed by atoms with Gasteiger partial charge in [-0.1, -0.05) is 32.4 Å². The van der Waals surface area contributed by atoms with E-state index in [1.165, 1.54) is 5.57 Å². The molecular weight excluding hydrogens is 350 g/mol. The summed E-state index contributed by atoms with van der Waals surface area (Å²) in [5.74, 6) is 1.15. The van der Waals surface area contributed by atoms with E-state index in [-0.39, 0.29) is 6.61 Å². The summed E-state index contributed by atoms with van der Waals surface area (Å²) in [7, 11) is 0. The van der Waals surface area contributed by atoms with E-state index in [2.05, 4.69) is 32.2 Å². The standard InChI is InChI=1S/C20H35NO4S/c1-8-24-18(22)16(21-19(23)25-20(5,6)7)12-26-17-11-15(13(2)3)10-9-14(17)4/h11,13-14,16-17H,8-10,12H2,1-7H3,(H,21,23)/t14?,16-,17?/m0/s1. The van der Waals surface area contributed by atoms with E-state index in [9.17, 15) is 9.59 Å². The number of alkyl carbamates (subject to hydrolysis) is 1. The predicted octanol–water partition coefficient (Wildman–Crippen LogP) is 4.56. The molecule has 1 rings (SSSR count). The summed E-state index contributed by atoms with van der Waals surface area (Å²) in [4.78, 5) is 24.3. The summed E-state index contributed by atoms with van der Waals surface area (Å²) >= 11 is 1.70. The number of amides is 1. The molecule has 1 amide bonds. The molecule has 0 radical (unpaired) electrons. The van der Waals surface area contributed by atoms with Crippen LogP contribution in [0.3, 0.4) is 0 Å². The van der Waals surface area contributed by atoms with Gasteiger partial charge in [-0.2, -0.15) is 11.8 Å². The van der Waals surface area contributed by atoms with Crippen molar-refractivity contribution in [2.24, 2.45) is 11.8 Å². The Bertz CT molecular complexity index is 510. The van der Waals surface area contributed by atoms with Gasteiger partial charge in [-0.05, 0) is 52.4 Å². The number of esters is 1. The molecule has 0 aromatic carbocycles. The lowest BCUT2D eigenvalue weighted by Gasteiger charge is -2.30. The highest BCUT2D eigenvalue weighted by Gasteiger charge is 2.29. The normalized spacial score (nSPS) is 21.8. The molecule has 0 saturated heterocycles. The molecule has 3 atom stereocenters. The third-order valence-electron chi connectivity index (χ3n) is 4.29. The number of carbonyl (C=O) groups is 2. The summed E-state index contributed by atoms with van der Waals surface area (Å²) in [6, 6.07) is -0.708. The van der Waals surface area contributed by atoms with Gasteiger partial charge in [0.2, 0.25) is 0 Å². The van der Waals surface area contributed by atoms with Gasteiger partial charge in [-0.25, -0.2) is 9.59 Å². The fourth-order valence-corrected chi connectivity index (χ4v) is 4.15. The second-order valence-corrected chi connectivity index (χ2v) is 9.37. The van der Waals surface area contributed by atoms with Gasteiger partial charge in [0.1, 0.15) is 11.6 Å². The van der Waals surface area contributed by atoms with Crippen LogP contribution in [0.25, 0.3) is 0 Å². The summed E-state index contributed by atoms with van der Waals surface area (Å²) in [6.45, 7) is 14.1. The van der Waals surface area contributed by atoms with E-state index in [1.807, 2.05) is 0 Å². The Morgan fingerprint density at radius 3 is 2.54 bits per heavy atom. The zero-order valence-electron chi connectivity index (χ0n) is 17.3. The highest BCUT2D eigenvalue weighted by molar-refractivity contribution is 8.00. The van der Waals surface area contributed by atoms with Crippen LogP contribution in [0.4, 0.5) is 4.79 Å². The van der Waals surface area contributed by atoms with Crippen molar-refractivity contribution < 1.29 is 19.1 Å². The van der Waals surface area contributed by atoms with Gasteiger partial charge in [-0.15, -0.1) is 0 Å². The number of thioether (sulfide) groups is 1. The lowest BCUT2D eigenvalue weighted by Crippen LogP contribution is -2.46. The molecule has 1 N–H and O–H groups in total. The summed E-state index contributed by atoms with van der Waals surface area (Å²) in [5, 5.41) is 3.02. The maximum atomic E-state index is 12.2. The molecule has 0 heterocycles. The molecule has 0 saturated carbocycles. The lowest BCUT2D eigenvalue weighted by molar-refractivity contribution is -0.145. The van der Waals surface area contributed by atoms with Crippen molar-refractivity contribution in [3.63, 3.8) is 0 Å². The third kappa shape index (κ3) is 8.02. The van der Waals surface area contributed by atoms with Crippen molar-refractivity contribution in [1.29, 1.82) is 0 Å². The van der Waals surface area contributed by atoms with Crippen LogP contribution in [0.5, 0.6) is 0 Å². The fraction of sp³-hybridized carbons (Fsp3) is 0.800. The third-order valence-corrected chi connectivity index (χ3v) is 5.80. The first kappa shape index (κ1) is 22.9. The number of rotatable bonds is 7. The van der Waals surface area contributed by atoms with Crippen molar-refractivity contribution in [2.75, 3.05) is 12.4 Å². The van der Waals surface area contributed by atoms with Gasteiger partial charge in [0.05, 0.1) is 6.61 Å². The average Bonchev–Trinajstić information content (AvgIpc) is 2.50. The Labute approximate surface area is 162 Å². The van der Waals surface area contributed by atoms with Crippen molar-refractivity contribution in [1.82, 2.24) is 5.32 Å². The molecular formula is C20H35NO4S. The second-order valence-electron chi connectivity index (χ2n) is 8.16. The topological polar surface area (TPSA) is 64.6 Å². The minimum atomic E-state index is -0.708. The van der Waals surface area contributed by atoms with Crippen LogP contribution in [0.1, 0.15) is 61.3 Å². The second kappa shape index (κ2) is 10.2. The number of allylic oxidation sites excluding steroid dienone is 1. The summed E-state index contributed by atoms with van der Waals surface area (Å²) in [6.07, 6.45) is 4.06. The maximum absolute atomic E-state index is 12.2. The van der Waals surface area contributed by atoms with Crippen LogP contribution in [-0.2, 0) is 14.3 Å². The molecule has 26 heavy (non-hydrogen) atoms. The van der Waals surface area contributed by atoms with Crippen LogP contribution >= 0.6 is 11.8 Å². The number of hydrogen-bond acceptors (Lipinski definition) is 5. The van der Waals surface area contributed by atoms with Crippen LogP contribution in [0, 0.1) is 11.8 Å². The Hall–Kier alpha value is -1.17. The molecule has 0 fully saturated rings. The highest BCUT2D eigenvalue weighted by atomic mass is 32.2. The maximum Gasteiger partial charge on any atom is 0.408 e. The molecule has 150 valence electrons. The molecule has 0 aromatic rings. The van der Waals surface area contributed by atoms with Gasteiger partial charge in [0.25, 0.3) is 0 Å². The van der Waals surface area contributed by atoms with E-state index in [0.717, 1.165) is 12.8 Å². The molecule has 5 nitrogen and oxygen atoms in total. The molecule has 0 spiro atoms. The predicted molar refractivity (Wildman–Crippen MR) is 107 cm³/mol. The summed E-state index contributed by atoms with van der Waals surface area (Å²) in [5.41, 5.74) is 0.872. The molecule has 1 aliphatic rings. The number of carbonyl (C=O) groups excluding carboxylic acids is 2. The van der Waals surface area contributed by atoms with Crippen LogP contribution in [0.2, 0.25) is 0 Å². The largest absolute Gasteiger partial charge is 0.464 e. The van der Waals surface area contributed by atoms with Gasteiger partial charge >= 0.3 is 12.1 Å².